The van der Waals surface area contributed by atoms with Crippen LogP contribution in [0.1, 0.15) is 47.9 Å². The Morgan fingerprint density at radius 3 is 2.81 bits per heavy atom. The van der Waals surface area contributed by atoms with E-state index in [1.165, 1.54) is 17.2 Å². The van der Waals surface area contributed by atoms with Crippen LogP contribution in [-0.2, 0) is 22.9 Å². The molecule has 0 aliphatic heterocycles. The van der Waals surface area contributed by atoms with E-state index in [1.54, 1.807) is 12.1 Å². The molecule has 1 aliphatic rings. The maximum Gasteiger partial charge on any atom is 0.434 e. The minimum absolute atomic E-state index is 0.0137. The quantitative estimate of drug-likeness (QED) is 0.455. The Kier molecular flexibility index (Phi) is 4.95. The standard InChI is InChI=1S/C20H19N5O4S2/c1-11(13-7-2-5-12-6-3-8-14(12)13)17(19-21-22-20(26)29-19)25-31(27,28)16-10-4-9-15-18(16)24-30-23-15/h2,4-5,7,9-11,17,25H,3,6,8H2,1H3,(H,22,26)/t11-,17+/m1/s1. The van der Waals surface area contributed by atoms with Crippen LogP contribution in [0.3, 0.4) is 0 Å². The lowest BCUT2D eigenvalue weighted by Crippen LogP contribution is -2.32. The van der Waals surface area contributed by atoms with Crippen molar-refractivity contribution in [3.8, 4) is 0 Å². The monoisotopic (exact) mass is 457 g/mol. The Labute approximate surface area is 181 Å². The summed E-state index contributed by atoms with van der Waals surface area (Å²) in [6, 6.07) is 9.98. The summed E-state index contributed by atoms with van der Waals surface area (Å²) >= 11 is 0.949. The van der Waals surface area contributed by atoms with Crippen LogP contribution >= 0.6 is 11.7 Å². The number of nitrogens with zero attached hydrogens (tertiary/aromatic N) is 3. The second-order valence-electron chi connectivity index (χ2n) is 7.57. The molecule has 0 spiro atoms. The molecule has 0 fully saturated rings. The Balaban J connectivity index is 1.58. The summed E-state index contributed by atoms with van der Waals surface area (Å²) in [5, 5.41) is 6.16. The van der Waals surface area contributed by atoms with E-state index >= 15 is 0 Å². The number of benzene rings is 2. The smallest absolute Gasteiger partial charge is 0.391 e. The van der Waals surface area contributed by atoms with Gasteiger partial charge in [-0.25, -0.2) is 18.3 Å². The SMILES string of the molecule is C[C@H](c1cccc2c1CCC2)[C@H](NS(=O)(=O)c1cccc2nsnc12)c1n[nH]c(=O)o1. The van der Waals surface area contributed by atoms with E-state index in [1.807, 2.05) is 19.1 Å². The fourth-order valence-electron chi connectivity index (χ4n) is 4.22. The van der Waals surface area contributed by atoms with Crippen LogP contribution in [-0.4, -0.2) is 27.4 Å². The predicted molar refractivity (Wildman–Crippen MR) is 114 cm³/mol. The largest absolute Gasteiger partial charge is 0.434 e. The molecule has 0 radical (unpaired) electrons. The molecule has 2 N–H and O–H groups in total. The third-order valence-electron chi connectivity index (χ3n) is 5.71. The first kappa shape index (κ1) is 20.0. The highest BCUT2D eigenvalue weighted by Gasteiger charge is 2.34. The van der Waals surface area contributed by atoms with Crippen LogP contribution in [0.5, 0.6) is 0 Å². The van der Waals surface area contributed by atoms with E-state index in [9.17, 15) is 13.2 Å². The summed E-state index contributed by atoms with van der Waals surface area (Å²) in [6.45, 7) is 1.90. The molecule has 9 nitrogen and oxygen atoms in total. The molecule has 2 atom stereocenters. The molecule has 11 heteroatoms. The maximum atomic E-state index is 13.4. The molecule has 0 amide bonds. The number of aromatic nitrogens is 4. The van der Waals surface area contributed by atoms with Gasteiger partial charge >= 0.3 is 5.76 Å². The van der Waals surface area contributed by atoms with Crippen molar-refractivity contribution in [3.63, 3.8) is 0 Å². The number of hydrogen-bond donors (Lipinski definition) is 2. The molecule has 2 aromatic carbocycles. The van der Waals surface area contributed by atoms with Gasteiger partial charge in [0.1, 0.15) is 22.0 Å². The zero-order chi connectivity index (χ0) is 21.6. The van der Waals surface area contributed by atoms with Crippen molar-refractivity contribution < 1.29 is 12.8 Å². The van der Waals surface area contributed by atoms with Crippen LogP contribution in [0.2, 0.25) is 0 Å². The lowest BCUT2D eigenvalue weighted by atomic mass is 9.88. The van der Waals surface area contributed by atoms with Gasteiger partial charge in [0, 0.05) is 5.92 Å². The zero-order valence-electron chi connectivity index (χ0n) is 16.5. The molecule has 5 rings (SSSR count). The molecule has 0 bridgehead atoms. The van der Waals surface area contributed by atoms with Gasteiger partial charge in [0.05, 0.1) is 11.7 Å². The summed E-state index contributed by atoms with van der Waals surface area (Å²) in [7, 11) is -4.02. The first-order valence-electron chi connectivity index (χ1n) is 9.84. The number of fused-ring (bicyclic) bond motifs is 2. The fourth-order valence-corrected chi connectivity index (χ4v) is 6.26. The Morgan fingerprint density at radius 1 is 1.16 bits per heavy atom. The van der Waals surface area contributed by atoms with Crippen molar-refractivity contribution in [3.05, 3.63) is 69.5 Å². The van der Waals surface area contributed by atoms with Gasteiger partial charge in [0.15, 0.2) is 0 Å². The minimum Gasteiger partial charge on any atom is -0.391 e. The van der Waals surface area contributed by atoms with Gasteiger partial charge in [-0.2, -0.15) is 13.5 Å². The van der Waals surface area contributed by atoms with Crippen molar-refractivity contribution in [2.75, 3.05) is 0 Å². The van der Waals surface area contributed by atoms with Crippen LogP contribution in [0.25, 0.3) is 11.0 Å². The highest BCUT2D eigenvalue weighted by atomic mass is 32.2. The second kappa shape index (κ2) is 7.66. The number of aromatic amines is 1. The predicted octanol–water partition coefficient (Wildman–Crippen LogP) is 2.68. The number of rotatable bonds is 6. The van der Waals surface area contributed by atoms with Crippen molar-refractivity contribution in [1.29, 1.82) is 0 Å². The van der Waals surface area contributed by atoms with Crippen molar-refractivity contribution in [2.45, 2.75) is 43.0 Å². The topological polar surface area (TPSA) is 131 Å². The fraction of sp³-hybridized carbons (Fsp3) is 0.300. The van der Waals surface area contributed by atoms with E-state index in [4.69, 9.17) is 4.42 Å². The molecule has 0 unspecified atom stereocenters. The van der Waals surface area contributed by atoms with Gasteiger partial charge in [-0.05, 0) is 48.1 Å². The number of H-pyrrole nitrogens is 1. The molecular formula is C20H19N5O4S2. The van der Waals surface area contributed by atoms with Gasteiger partial charge < -0.3 is 4.42 Å². The van der Waals surface area contributed by atoms with Gasteiger partial charge in [0.2, 0.25) is 15.9 Å². The third-order valence-corrected chi connectivity index (χ3v) is 7.73. The summed E-state index contributed by atoms with van der Waals surface area (Å²) in [4.78, 5) is 11.7. The maximum absolute atomic E-state index is 13.4. The lowest BCUT2D eigenvalue weighted by Gasteiger charge is -2.24. The molecule has 0 saturated heterocycles. The Bertz CT molecular complexity index is 1420. The second-order valence-corrected chi connectivity index (χ2v) is 9.78. The van der Waals surface area contributed by atoms with E-state index in [0.29, 0.717) is 11.0 Å². The summed E-state index contributed by atoms with van der Waals surface area (Å²) in [5.41, 5.74) is 4.32. The summed E-state index contributed by atoms with van der Waals surface area (Å²) < 4.78 is 42.9. The first-order chi connectivity index (χ1) is 14.9. The summed E-state index contributed by atoms with van der Waals surface area (Å²) in [5.74, 6) is -1.09. The average molecular weight is 458 g/mol. The molecular weight excluding hydrogens is 438 g/mol. The molecule has 4 aromatic rings. The molecule has 2 heterocycles. The van der Waals surface area contributed by atoms with Gasteiger partial charge in [-0.15, -0.1) is 5.10 Å². The molecule has 31 heavy (non-hydrogen) atoms. The third kappa shape index (κ3) is 3.58. The highest BCUT2D eigenvalue weighted by molar-refractivity contribution is 7.89. The number of aryl methyl sites for hydroxylation is 1. The van der Waals surface area contributed by atoms with Crippen LogP contribution < -0.4 is 10.5 Å². The average Bonchev–Trinajstić information content (AvgIpc) is 3.50. The van der Waals surface area contributed by atoms with E-state index in [-0.39, 0.29) is 16.7 Å². The number of hydrogen-bond acceptors (Lipinski definition) is 8. The number of nitrogens with one attached hydrogen (secondary N) is 2. The van der Waals surface area contributed by atoms with Crippen molar-refractivity contribution in [2.24, 2.45) is 0 Å². The highest BCUT2D eigenvalue weighted by Crippen LogP contribution is 2.37. The van der Waals surface area contributed by atoms with E-state index in [2.05, 4.69) is 29.7 Å². The molecule has 160 valence electrons. The van der Waals surface area contributed by atoms with Crippen LogP contribution in [0.4, 0.5) is 0 Å². The minimum atomic E-state index is -4.02. The van der Waals surface area contributed by atoms with Crippen molar-refractivity contribution in [1.82, 2.24) is 23.7 Å². The Hall–Kier alpha value is -2.89. The molecule has 0 saturated carbocycles. The van der Waals surface area contributed by atoms with E-state index in [0.717, 1.165) is 36.6 Å². The first-order valence-corrected chi connectivity index (χ1v) is 12.0. The van der Waals surface area contributed by atoms with Gasteiger partial charge in [-0.1, -0.05) is 31.2 Å². The molecule has 1 aliphatic carbocycles. The zero-order valence-corrected chi connectivity index (χ0v) is 18.2. The van der Waals surface area contributed by atoms with Crippen molar-refractivity contribution >= 4 is 32.8 Å². The lowest BCUT2D eigenvalue weighted by molar-refractivity contribution is 0.381. The van der Waals surface area contributed by atoms with Gasteiger partial charge in [-0.3, -0.25) is 0 Å². The Morgan fingerprint density at radius 2 is 2.00 bits per heavy atom. The van der Waals surface area contributed by atoms with Gasteiger partial charge in [0.25, 0.3) is 0 Å². The van der Waals surface area contributed by atoms with E-state index < -0.39 is 21.8 Å². The van der Waals surface area contributed by atoms with Crippen LogP contribution in [0, 0.1) is 0 Å². The van der Waals surface area contributed by atoms with Crippen LogP contribution in [0.15, 0.2) is 50.5 Å². The summed E-state index contributed by atoms with van der Waals surface area (Å²) in [6.07, 6.45) is 3.00. The number of sulfonamides is 1. The molecule has 2 aromatic heterocycles. The normalized spacial score (nSPS) is 15.8.